The minimum absolute atomic E-state index is 0.338. The summed E-state index contributed by atoms with van der Waals surface area (Å²) in [6.45, 7) is 0. The Balaban J connectivity index is 2.15. The Hall–Kier alpha value is -1.32. The molecule has 0 bridgehead atoms. The van der Waals surface area contributed by atoms with Gasteiger partial charge in [0.05, 0.1) is 12.3 Å². The van der Waals surface area contributed by atoms with Gasteiger partial charge in [0, 0.05) is 5.02 Å². The van der Waals surface area contributed by atoms with Crippen molar-refractivity contribution in [1.82, 2.24) is 0 Å². The Morgan fingerprint density at radius 1 is 1.38 bits per heavy atom. The Labute approximate surface area is 97.8 Å². The molecule has 0 fully saturated rings. The van der Waals surface area contributed by atoms with Crippen LogP contribution >= 0.6 is 11.6 Å². The standard InChI is InChI=1S/C12H11ClFNO/c13-9-4-3-8(10(14)7-9)6-11(15)12-2-1-5-16-12/h1-5,7,11H,6,15H2. The van der Waals surface area contributed by atoms with Crippen molar-refractivity contribution in [1.29, 1.82) is 0 Å². The van der Waals surface area contributed by atoms with E-state index in [2.05, 4.69) is 0 Å². The lowest BCUT2D eigenvalue weighted by atomic mass is 10.0. The molecule has 0 amide bonds. The van der Waals surface area contributed by atoms with Crippen molar-refractivity contribution < 1.29 is 8.81 Å². The van der Waals surface area contributed by atoms with Gasteiger partial charge in [0.15, 0.2) is 0 Å². The summed E-state index contributed by atoms with van der Waals surface area (Å²) in [7, 11) is 0. The van der Waals surface area contributed by atoms with Crippen molar-refractivity contribution >= 4 is 11.6 Å². The summed E-state index contributed by atoms with van der Waals surface area (Å²) >= 11 is 5.66. The van der Waals surface area contributed by atoms with Crippen molar-refractivity contribution in [3.8, 4) is 0 Å². The molecular weight excluding hydrogens is 229 g/mol. The van der Waals surface area contributed by atoms with Crippen LogP contribution in [0, 0.1) is 5.82 Å². The van der Waals surface area contributed by atoms with E-state index in [9.17, 15) is 4.39 Å². The van der Waals surface area contributed by atoms with Crippen LogP contribution in [0.2, 0.25) is 5.02 Å². The van der Waals surface area contributed by atoms with Gasteiger partial charge in [-0.15, -0.1) is 0 Å². The third-order valence-electron chi connectivity index (χ3n) is 2.36. The average molecular weight is 240 g/mol. The zero-order valence-electron chi connectivity index (χ0n) is 8.49. The summed E-state index contributed by atoms with van der Waals surface area (Å²) in [5, 5.41) is 0.382. The van der Waals surface area contributed by atoms with Gasteiger partial charge in [0.25, 0.3) is 0 Å². The molecule has 0 saturated heterocycles. The van der Waals surface area contributed by atoms with Crippen LogP contribution in [-0.4, -0.2) is 0 Å². The second-order valence-corrected chi connectivity index (χ2v) is 4.00. The molecule has 84 valence electrons. The maximum atomic E-state index is 13.5. The Kier molecular flexibility index (Phi) is 3.27. The third kappa shape index (κ3) is 2.43. The summed E-state index contributed by atoms with van der Waals surface area (Å²) in [4.78, 5) is 0. The summed E-state index contributed by atoms with van der Waals surface area (Å²) < 4.78 is 18.6. The Morgan fingerprint density at radius 2 is 2.19 bits per heavy atom. The number of nitrogens with two attached hydrogens (primary N) is 1. The van der Waals surface area contributed by atoms with E-state index in [1.807, 2.05) is 0 Å². The maximum Gasteiger partial charge on any atom is 0.127 e. The van der Waals surface area contributed by atoms with Crippen LogP contribution in [0.15, 0.2) is 41.0 Å². The highest BCUT2D eigenvalue weighted by molar-refractivity contribution is 6.30. The summed E-state index contributed by atoms with van der Waals surface area (Å²) in [5.74, 6) is 0.309. The fourth-order valence-corrected chi connectivity index (χ4v) is 1.69. The van der Waals surface area contributed by atoms with Crippen LogP contribution in [0.1, 0.15) is 17.4 Å². The van der Waals surface area contributed by atoms with Gasteiger partial charge >= 0.3 is 0 Å². The topological polar surface area (TPSA) is 39.2 Å². The van der Waals surface area contributed by atoms with E-state index < -0.39 is 0 Å². The van der Waals surface area contributed by atoms with Crippen LogP contribution in [0.5, 0.6) is 0 Å². The third-order valence-corrected chi connectivity index (χ3v) is 2.60. The first-order valence-corrected chi connectivity index (χ1v) is 5.27. The molecule has 0 aliphatic rings. The van der Waals surface area contributed by atoms with E-state index in [0.29, 0.717) is 22.8 Å². The van der Waals surface area contributed by atoms with Gasteiger partial charge in [-0.1, -0.05) is 17.7 Å². The fourth-order valence-electron chi connectivity index (χ4n) is 1.53. The van der Waals surface area contributed by atoms with Gasteiger partial charge < -0.3 is 10.2 Å². The van der Waals surface area contributed by atoms with Gasteiger partial charge in [-0.2, -0.15) is 0 Å². The fraction of sp³-hybridized carbons (Fsp3) is 0.167. The second-order valence-electron chi connectivity index (χ2n) is 3.56. The molecule has 0 aliphatic carbocycles. The molecule has 16 heavy (non-hydrogen) atoms. The van der Waals surface area contributed by atoms with E-state index in [1.165, 1.54) is 6.07 Å². The van der Waals surface area contributed by atoms with Crippen LogP contribution in [0.3, 0.4) is 0 Å². The highest BCUT2D eigenvalue weighted by Gasteiger charge is 2.12. The van der Waals surface area contributed by atoms with E-state index in [1.54, 1.807) is 30.5 Å². The number of rotatable bonds is 3. The van der Waals surface area contributed by atoms with Crippen LogP contribution in [0.4, 0.5) is 4.39 Å². The lowest BCUT2D eigenvalue weighted by Gasteiger charge is -2.09. The van der Waals surface area contributed by atoms with Gasteiger partial charge in [-0.25, -0.2) is 4.39 Å². The highest BCUT2D eigenvalue weighted by Crippen LogP contribution is 2.20. The minimum Gasteiger partial charge on any atom is -0.468 e. The van der Waals surface area contributed by atoms with Crippen molar-refractivity contribution in [2.75, 3.05) is 0 Å². The van der Waals surface area contributed by atoms with Crippen LogP contribution < -0.4 is 5.73 Å². The first kappa shape index (κ1) is 11.2. The summed E-state index contributed by atoms with van der Waals surface area (Å²) in [6.07, 6.45) is 1.93. The minimum atomic E-state index is -0.342. The number of furan rings is 1. The zero-order valence-corrected chi connectivity index (χ0v) is 9.25. The van der Waals surface area contributed by atoms with Crippen molar-refractivity contribution in [3.63, 3.8) is 0 Å². The SMILES string of the molecule is NC(Cc1ccc(Cl)cc1F)c1ccco1. The van der Waals surface area contributed by atoms with E-state index in [4.69, 9.17) is 21.8 Å². The molecule has 1 atom stereocenters. The largest absolute Gasteiger partial charge is 0.468 e. The normalized spacial score (nSPS) is 12.7. The lowest BCUT2D eigenvalue weighted by molar-refractivity contribution is 0.460. The highest BCUT2D eigenvalue weighted by atomic mass is 35.5. The molecule has 1 unspecified atom stereocenters. The number of hydrogen-bond acceptors (Lipinski definition) is 2. The molecule has 4 heteroatoms. The van der Waals surface area contributed by atoms with Gasteiger partial charge in [0.2, 0.25) is 0 Å². The molecule has 2 N–H and O–H groups in total. The zero-order chi connectivity index (χ0) is 11.5. The smallest absolute Gasteiger partial charge is 0.127 e. The molecule has 1 heterocycles. The van der Waals surface area contributed by atoms with E-state index in [-0.39, 0.29) is 11.9 Å². The molecular formula is C12H11ClFNO. The molecule has 2 nitrogen and oxygen atoms in total. The lowest BCUT2D eigenvalue weighted by Crippen LogP contribution is -2.13. The number of hydrogen-bond donors (Lipinski definition) is 1. The predicted molar refractivity (Wildman–Crippen MR) is 60.8 cm³/mol. The molecule has 0 radical (unpaired) electrons. The average Bonchev–Trinajstić information content (AvgIpc) is 2.75. The molecule has 1 aromatic carbocycles. The Morgan fingerprint density at radius 3 is 2.81 bits per heavy atom. The number of benzene rings is 1. The first-order chi connectivity index (χ1) is 7.66. The van der Waals surface area contributed by atoms with Gasteiger partial charge in [0.1, 0.15) is 11.6 Å². The molecule has 1 aromatic heterocycles. The molecule has 2 aromatic rings. The molecule has 0 aliphatic heterocycles. The quantitative estimate of drug-likeness (QED) is 0.893. The second kappa shape index (κ2) is 4.68. The maximum absolute atomic E-state index is 13.5. The van der Waals surface area contributed by atoms with Crippen molar-refractivity contribution in [2.24, 2.45) is 5.73 Å². The van der Waals surface area contributed by atoms with Crippen molar-refractivity contribution in [3.05, 3.63) is 58.8 Å². The van der Waals surface area contributed by atoms with Crippen LogP contribution in [-0.2, 0) is 6.42 Å². The molecule has 2 rings (SSSR count). The summed E-state index contributed by atoms with van der Waals surface area (Å²) in [5.41, 5.74) is 6.42. The number of halogens is 2. The van der Waals surface area contributed by atoms with E-state index in [0.717, 1.165) is 0 Å². The van der Waals surface area contributed by atoms with E-state index >= 15 is 0 Å². The van der Waals surface area contributed by atoms with Crippen molar-refractivity contribution in [2.45, 2.75) is 12.5 Å². The monoisotopic (exact) mass is 239 g/mol. The van der Waals surface area contributed by atoms with Gasteiger partial charge in [-0.05, 0) is 36.2 Å². The summed E-state index contributed by atoms with van der Waals surface area (Å²) in [6, 6.07) is 7.76. The molecule has 0 saturated carbocycles. The predicted octanol–water partition coefficient (Wildman–Crippen LogP) is 3.31. The Bertz CT molecular complexity index is 470. The first-order valence-electron chi connectivity index (χ1n) is 4.89. The van der Waals surface area contributed by atoms with Crippen LogP contribution in [0.25, 0.3) is 0 Å². The molecule has 0 spiro atoms. The van der Waals surface area contributed by atoms with Gasteiger partial charge in [-0.3, -0.25) is 0 Å².